The zero-order valence-corrected chi connectivity index (χ0v) is 4.53. The molecular formula is C5H8O3. The summed E-state index contributed by atoms with van der Waals surface area (Å²) in [7, 11) is 0. The Morgan fingerprint density at radius 1 is 1.75 bits per heavy atom. The first-order chi connectivity index (χ1) is 3.63. The van der Waals surface area contributed by atoms with Crippen LogP contribution in [0.15, 0.2) is 12.2 Å². The smallest absolute Gasteiger partial charge is 0.328 e. The Labute approximate surface area is 47.3 Å². The number of aliphatic hydroxyl groups excluding tert-OH is 1. The van der Waals surface area contributed by atoms with E-state index in [0.29, 0.717) is 0 Å². The molecule has 0 aliphatic heterocycles. The minimum absolute atomic E-state index is 0.675. The van der Waals surface area contributed by atoms with E-state index in [-0.39, 0.29) is 0 Å². The molecule has 3 heteroatoms. The van der Waals surface area contributed by atoms with Crippen LogP contribution < -0.4 is 0 Å². The molecule has 0 aromatic rings. The highest BCUT2D eigenvalue weighted by Gasteiger charge is 1.87. The fourth-order valence-corrected chi connectivity index (χ4v) is 0.222. The molecule has 8 heavy (non-hydrogen) atoms. The third kappa shape index (κ3) is 5.17. The third-order valence-electron chi connectivity index (χ3n) is 0.517. The normalized spacial score (nSPS) is 14.2. The van der Waals surface area contributed by atoms with E-state index < -0.39 is 12.1 Å². The number of aliphatic hydroxyl groups is 1. The van der Waals surface area contributed by atoms with Crippen molar-refractivity contribution in [2.45, 2.75) is 13.0 Å². The van der Waals surface area contributed by atoms with Crippen LogP contribution in [0.2, 0.25) is 0 Å². The van der Waals surface area contributed by atoms with Crippen molar-refractivity contribution in [1.29, 1.82) is 0 Å². The van der Waals surface area contributed by atoms with Crippen LogP contribution in [0.25, 0.3) is 0 Å². The fourth-order valence-electron chi connectivity index (χ4n) is 0.222. The Morgan fingerprint density at radius 2 is 2.25 bits per heavy atom. The minimum atomic E-state index is -1.04. The highest BCUT2D eigenvalue weighted by Crippen LogP contribution is 1.80. The van der Waals surface area contributed by atoms with E-state index >= 15 is 0 Å². The molecule has 0 saturated carbocycles. The number of carboxylic acids is 1. The Kier molecular flexibility index (Phi) is 2.88. The van der Waals surface area contributed by atoms with E-state index in [4.69, 9.17) is 10.2 Å². The third-order valence-corrected chi connectivity index (χ3v) is 0.517. The van der Waals surface area contributed by atoms with Crippen LogP contribution in [-0.4, -0.2) is 22.3 Å². The van der Waals surface area contributed by atoms with Crippen LogP contribution in [0, 0.1) is 0 Å². The van der Waals surface area contributed by atoms with Crippen LogP contribution in [-0.2, 0) is 4.79 Å². The number of carbonyl (C=O) groups is 1. The van der Waals surface area contributed by atoms with Crippen molar-refractivity contribution in [3.8, 4) is 0 Å². The number of hydrogen-bond acceptors (Lipinski definition) is 2. The topological polar surface area (TPSA) is 57.5 Å². The van der Waals surface area contributed by atoms with Crippen molar-refractivity contribution in [2.24, 2.45) is 0 Å². The summed E-state index contributed by atoms with van der Waals surface area (Å²) in [6.07, 6.45) is 1.43. The lowest BCUT2D eigenvalue weighted by atomic mass is 10.4. The molecule has 3 nitrogen and oxygen atoms in total. The van der Waals surface area contributed by atoms with Gasteiger partial charge in [0.15, 0.2) is 0 Å². The SMILES string of the molecule is CC(O)/C=C\C(=O)O. The van der Waals surface area contributed by atoms with Gasteiger partial charge in [0.25, 0.3) is 0 Å². The first-order valence-corrected chi connectivity index (χ1v) is 2.22. The quantitative estimate of drug-likeness (QED) is 0.499. The Balaban J connectivity index is 3.50. The molecule has 0 heterocycles. The van der Waals surface area contributed by atoms with Gasteiger partial charge in [-0.25, -0.2) is 4.79 Å². The second-order valence-electron chi connectivity index (χ2n) is 1.44. The van der Waals surface area contributed by atoms with Gasteiger partial charge in [-0.15, -0.1) is 0 Å². The predicted molar refractivity (Wildman–Crippen MR) is 28.5 cm³/mol. The minimum Gasteiger partial charge on any atom is -0.478 e. The lowest BCUT2D eigenvalue weighted by molar-refractivity contribution is -0.131. The molecular weight excluding hydrogens is 108 g/mol. The molecule has 0 aromatic carbocycles. The molecule has 0 spiro atoms. The number of hydrogen-bond donors (Lipinski definition) is 2. The van der Waals surface area contributed by atoms with Crippen molar-refractivity contribution >= 4 is 5.97 Å². The summed E-state index contributed by atoms with van der Waals surface area (Å²) in [6.45, 7) is 1.49. The monoisotopic (exact) mass is 116 g/mol. The molecule has 0 saturated heterocycles. The van der Waals surface area contributed by atoms with Gasteiger partial charge in [-0.2, -0.15) is 0 Å². The molecule has 46 valence electrons. The molecule has 0 aliphatic carbocycles. The van der Waals surface area contributed by atoms with Gasteiger partial charge in [-0.05, 0) is 13.0 Å². The number of carboxylic acid groups (broad SMARTS) is 1. The van der Waals surface area contributed by atoms with Gasteiger partial charge in [0.05, 0.1) is 6.10 Å². The maximum absolute atomic E-state index is 9.71. The van der Waals surface area contributed by atoms with Crippen LogP contribution in [0.5, 0.6) is 0 Å². The average molecular weight is 116 g/mol. The largest absolute Gasteiger partial charge is 0.478 e. The van der Waals surface area contributed by atoms with Crippen LogP contribution in [0.4, 0.5) is 0 Å². The summed E-state index contributed by atoms with van der Waals surface area (Å²) in [5.41, 5.74) is 0. The van der Waals surface area contributed by atoms with E-state index in [1.807, 2.05) is 0 Å². The zero-order valence-electron chi connectivity index (χ0n) is 4.53. The standard InChI is InChI=1S/C5H8O3/c1-4(6)2-3-5(7)8/h2-4,6H,1H3,(H,7,8)/b3-2-. The summed E-state index contributed by atoms with van der Waals surface area (Å²) >= 11 is 0. The second kappa shape index (κ2) is 3.21. The molecule has 0 radical (unpaired) electrons. The van der Waals surface area contributed by atoms with Crippen molar-refractivity contribution < 1.29 is 15.0 Å². The second-order valence-corrected chi connectivity index (χ2v) is 1.44. The highest BCUT2D eigenvalue weighted by atomic mass is 16.4. The molecule has 0 aromatic heterocycles. The number of rotatable bonds is 2. The first kappa shape index (κ1) is 7.17. The Bertz CT molecular complexity index is 104. The van der Waals surface area contributed by atoms with Gasteiger partial charge in [-0.1, -0.05) is 0 Å². The lowest BCUT2D eigenvalue weighted by Gasteiger charge is -1.88. The molecule has 0 fully saturated rings. The van der Waals surface area contributed by atoms with Gasteiger partial charge in [0, 0.05) is 6.08 Å². The number of aliphatic carboxylic acids is 1. The molecule has 0 amide bonds. The average Bonchev–Trinajstić information content (AvgIpc) is 1.61. The fraction of sp³-hybridized carbons (Fsp3) is 0.400. The van der Waals surface area contributed by atoms with Crippen molar-refractivity contribution in [3.05, 3.63) is 12.2 Å². The Morgan fingerprint density at radius 3 is 2.38 bits per heavy atom. The van der Waals surface area contributed by atoms with Gasteiger partial charge in [-0.3, -0.25) is 0 Å². The van der Waals surface area contributed by atoms with Crippen molar-refractivity contribution in [3.63, 3.8) is 0 Å². The maximum atomic E-state index is 9.71. The molecule has 1 atom stereocenters. The van der Waals surface area contributed by atoms with Gasteiger partial charge in [0.2, 0.25) is 0 Å². The van der Waals surface area contributed by atoms with Crippen LogP contribution >= 0.6 is 0 Å². The predicted octanol–water partition coefficient (Wildman–Crippen LogP) is 0.00800. The van der Waals surface area contributed by atoms with E-state index in [9.17, 15) is 4.79 Å². The van der Waals surface area contributed by atoms with Gasteiger partial charge < -0.3 is 10.2 Å². The van der Waals surface area contributed by atoms with Gasteiger partial charge >= 0.3 is 5.97 Å². The summed E-state index contributed by atoms with van der Waals surface area (Å²) in [4.78, 5) is 9.71. The summed E-state index contributed by atoms with van der Waals surface area (Å²) in [5, 5.41) is 16.4. The summed E-state index contributed by atoms with van der Waals surface area (Å²) in [5.74, 6) is -1.04. The van der Waals surface area contributed by atoms with Crippen molar-refractivity contribution in [2.75, 3.05) is 0 Å². The lowest BCUT2D eigenvalue weighted by Crippen LogP contribution is -1.95. The Hall–Kier alpha value is -0.830. The molecule has 1 unspecified atom stereocenters. The van der Waals surface area contributed by atoms with E-state index in [2.05, 4.69) is 0 Å². The van der Waals surface area contributed by atoms with Gasteiger partial charge in [0.1, 0.15) is 0 Å². The van der Waals surface area contributed by atoms with E-state index in [1.165, 1.54) is 13.0 Å². The van der Waals surface area contributed by atoms with Crippen LogP contribution in [0.3, 0.4) is 0 Å². The van der Waals surface area contributed by atoms with Crippen molar-refractivity contribution in [1.82, 2.24) is 0 Å². The first-order valence-electron chi connectivity index (χ1n) is 2.22. The zero-order chi connectivity index (χ0) is 6.57. The van der Waals surface area contributed by atoms with Crippen LogP contribution in [0.1, 0.15) is 6.92 Å². The molecule has 0 aliphatic rings. The van der Waals surface area contributed by atoms with E-state index in [0.717, 1.165) is 6.08 Å². The molecule has 2 N–H and O–H groups in total. The highest BCUT2D eigenvalue weighted by molar-refractivity contribution is 5.79. The summed E-state index contributed by atoms with van der Waals surface area (Å²) < 4.78 is 0. The van der Waals surface area contributed by atoms with E-state index in [1.54, 1.807) is 0 Å². The maximum Gasteiger partial charge on any atom is 0.328 e. The molecule has 0 bridgehead atoms. The summed E-state index contributed by atoms with van der Waals surface area (Å²) in [6, 6.07) is 0. The molecule has 0 rings (SSSR count).